The maximum Gasteiger partial charge on any atom is 0.244 e. The molecule has 2 amide bonds. The largest absolute Gasteiger partial charge is 0.497 e. The fourth-order valence-electron chi connectivity index (χ4n) is 3.71. The minimum atomic E-state index is -3.88. The van der Waals surface area contributed by atoms with E-state index in [1.54, 1.807) is 12.1 Å². The number of anilines is 1. The lowest BCUT2D eigenvalue weighted by Crippen LogP contribution is -2.52. The van der Waals surface area contributed by atoms with Crippen molar-refractivity contribution in [2.45, 2.75) is 39.8 Å². The molecule has 9 nitrogen and oxygen atoms in total. The molecule has 36 heavy (non-hydrogen) atoms. The molecule has 0 aromatic heterocycles. The van der Waals surface area contributed by atoms with Crippen molar-refractivity contribution in [3.63, 3.8) is 0 Å². The van der Waals surface area contributed by atoms with Crippen molar-refractivity contribution in [2.24, 2.45) is 5.92 Å². The summed E-state index contributed by atoms with van der Waals surface area (Å²) in [6.45, 7) is 5.93. The first-order valence-corrected chi connectivity index (χ1v) is 13.7. The fourth-order valence-corrected chi connectivity index (χ4v) is 4.56. The number of nitrogens with one attached hydrogen (secondary N) is 1. The Morgan fingerprint density at radius 2 is 1.69 bits per heavy atom. The van der Waals surface area contributed by atoms with E-state index in [1.165, 1.54) is 25.2 Å². The van der Waals surface area contributed by atoms with Crippen molar-refractivity contribution in [1.82, 2.24) is 10.2 Å². The summed E-state index contributed by atoms with van der Waals surface area (Å²) in [6.07, 6.45) is 1.39. The lowest BCUT2D eigenvalue weighted by atomic mass is 10.1. The molecule has 0 radical (unpaired) electrons. The Labute approximate surface area is 214 Å². The first-order valence-electron chi connectivity index (χ1n) is 11.8. The molecule has 2 rings (SSSR count). The summed E-state index contributed by atoms with van der Waals surface area (Å²) in [5.41, 5.74) is 1.03. The van der Waals surface area contributed by atoms with Crippen LogP contribution in [-0.2, 0) is 26.2 Å². The molecule has 2 aromatic rings. The van der Waals surface area contributed by atoms with Crippen molar-refractivity contribution in [1.29, 1.82) is 0 Å². The summed E-state index contributed by atoms with van der Waals surface area (Å²) in [6, 6.07) is 13.2. The number of rotatable bonds is 13. The van der Waals surface area contributed by atoms with E-state index in [4.69, 9.17) is 9.47 Å². The summed E-state index contributed by atoms with van der Waals surface area (Å²) in [7, 11) is -0.981. The van der Waals surface area contributed by atoms with Crippen molar-refractivity contribution in [2.75, 3.05) is 37.9 Å². The molecule has 0 aliphatic rings. The van der Waals surface area contributed by atoms with E-state index < -0.39 is 28.5 Å². The summed E-state index contributed by atoms with van der Waals surface area (Å²) in [5, 5.41) is 2.90. The van der Waals surface area contributed by atoms with E-state index in [0.29, 0.717) is 18.7 Å². The fraction of sp³-hybridized carbons (Fsp3) is 0.462. The summed E-state index contributed by atoms with van der Waals surface area (Å²) >= 11 is 0. The Hall–Kier alpha value is -3.27. The van der Waals surface area contributed by atoms with Gasteiger partial charge in [0.2, 0.25) is 21.8 Å². The minimum Gasteiger partial charge on any atom is -0.497 e. The Balaban J connectivity index is 2.46. The highest BCUT2D eigenvalue weighted by Gasteiger charge is 2.32. The topological polar surface area (TPSA) is 105 Å². The van der Waals surface area contributed by atoms with Gasteiger partial charge in [-0.2, -0.15) is 0 Å². The van der Waals surface area contributed by atoms with Crippen molar-refractivity contribution < 1.29 is 27.5 Å². The van der Waals surface area contributed by atoms with Crippen LogP contribution in [0.25, 0.3) is 0 Å². The second-order valence-electron chi connectivity index (χ2n) is 8.88. The lowest BCUT2D eigenvalue weighted by Gasteiger charge is -2.33. The smallest absolute Gasteiger partial charge is 0.244 e. The molecule has 0 fully saturated rings. The third-order valence-electron chi connectivity index (χ3n) is 5.60. The predicted octanol–water partition coefficient (Wildman–Crippen LogP) is 3.05. The molecule has 0 aliphatic heterocycles. The summed E-state index contributed by atoms with van der Waals surface area (Å²) in [4.78, 5) is 28.2. The van der Waals surface area contributed by atoms with Gasteiger partial charge in [-0.15, -0.1) is 0 Å². The first-order chi connectivity index (χ1) is 17.0. The molecule has 1 atom stereocenters. The number of hydrogen-bond acceptors (Lipinski definition) is 6. The highest BCUT2D eigenvalue weighted by Crippen LogP contribution is 2.33. The van der Waals surface area contributed by atoms with Gasteiger partial charge in [-0.05, 0) is 30.0 Å². The van der Waals surface area contributed by atoms with Crippen LogP contribution in [0.1, 0.15) is 32.8 Å². The van der Waals surface area contributed by atoms with Crippen LogP contribution in [0.15, 0.2) is 48.5 Å². The van der Waals surface area contributed by atoms with Gasteiger partial charge in [0.15, 0.2) is 0 Å². The number of ether oxygens (including phenoxy) is 2. The maximum absolute atomic E-state index is 13.7. The van der Waals surface area contributed by atoms with Gasteiger partial charge in [-0.25, -0.2) is 8.42 Å². The van der Waals surface area contributed by atoms with E-state index in [0.717, 1.165) is 16.1 Å². The number of nitrogens with zero attached hydrogens (tertiary/aromatic N) is 2. The second kappa shape index (κ2) is 13.2. The first kappa shape index (κ1) is 29.0. The Morgan fingerprint density at radius 1 is 1.03 bits per heavy atom. The Morgan fingerprint density at radius 3 is 2.22 bits per heavy atom. The highest BCUT2D eigenvalue weighted by atomic mass is 32.2. The average molecular weight is 520 g/mol. The minimum absolute atomic E-state index is 0.157. The van der Waals surface area contributed by atoms with E-state index in [-0.39, 0.29) is 29.8 Å². The van der Waals surface area contributed by atoms with Gasteiger partial charge >= 0.3 is 0 Å². The SMILES string of the molecule is CC[C@H](C(=O)NCC(C)C)N(Cc1ccccc1)C(=O)CN(c1ccc(OC)cc1OC)S(C)(=O)=O. The molecule has 198 valence electrons. The normalized spacial score (nSPS) is 12.1. The zero-order chi connectivity index (χ0) is 26.9. The van der Waals surface area contributed by atoms with Gasteiger partial charge in [-0.1, -0.05) is 51.1 Å². The number of hydrogen-bond donors (Lipinski definition) is 1. The molecular weight excluding hydrogens is 482 g/mol. The molecule has 0 heterocycles. The molecule has 0 saturated carbocycles. The van der Waals surface area contributed by atoms with Crippen LogP contribution in [-0.4, -0.2) is 64.7 Å². The molecule has 0 spiro atoms. The molecular formula is C26H37N3O6S. The quantitative estimate of drug-likeness (QED) is 0.436. The zero-order valence-corrected chi connectivity index (χ0v) is 22.7. The Kier molecular flexibility index (Phi) is 10.6. The Bertz CT molecular complexity index is 1120. The van der Waals surface area contributed by atoms with Gasteiger partial charge in [0.1, 0.15) is 24.1 Å². The molecule has 1 N–H and O–H groups in total. The third kappa shape index (κ3) is 7.87. The van der Waals surface area contributed by atoms with Crippen LogP contribution in [0.5, 0.6) is 11.5 Å². The maximum atomic E-state index is 13.7. The number of sulfonamides is 1. The molecule has 0 aliphatic carbocycles. The standard InChI is InChI=1S/C26H37N3O6S/c1-7-22(26(31)27-16-19(2)3)28(17-20-11-9-8-10-12-20)25(30)18-29(36(6,32)33)23-14-13-21(34-4)15-24(23)35-5/h8-15,19,22H,7,16-18H2,1-6H3,(H,27,31)/t22-/m1/s1. The van der Waals surface area contributed by atoms with Gasteiger partial charge < -0.3 is 19.7 Å². The predicted molar refractivity (Wildman–Crippen MR) is 141 cm³/mol. The third-order valence-corrected chi connectivity index (χ3v) is 6.73. The molecule has 0 saturated heterocycles. The van der Waals surface area contributed by atoms with E-state index in [2.05, 4.69) is 5.32 Å². The van der Waals surface area contributed by atoms with E-state index in [1.807, 2.05) is 51.1 Å². The number of benzene rings is 2. The van der Waals surface area contributed by atoms with Crippen LogP contribution in [0.4, 0.5) is 5.69 Å². The van der Waals surface area contributed by atoms with Crippen molar-refractivity contribution >= 4 is 27.5 Å². The van der Waals surface area contributed by atoms with Crippen LogP contribution in [0.3, 0.4) is 0 Å². The molecule has 10 heteroatoms. The zero-order valence-electron chi connectivity index (χ0n) is 21.9. The van der Waals surface area contributed by atoms with Crippen LogP contribution < -0.4 is 19.1 Å². The average Bonchev–Trinajstić information content (AvgIpc) is 2.85. The van der Waals surface area contributed by atoms with E-state index >= 15 is 0 Å². The van der Waals surface area contributed by atoms with Crippen LogP contribution in [0.2, 0.25) is 0 Å². The lowest BCUT2D eigenvalue weighted by molar-refractivity contribution is -0.140. The van der Waals surface area contributed by atoms with Crippen molar-refractivity contribution in [3.8, 4) is 11.5 Å². The molecule has 0 bridgehead atoms. The summed E-state index contributed by atoms with van der Waals surface area (Å²) < 4.78 is 37.2. The monoisotopic (exact) mass is 519 g/mol. The molecule has 0 unspecified atom stereocenters. The van der Waals surface area contributed by atoms with Gasteiger partial charge in [0.25, 0.3) is 0 Å². The van der Waals surface area contributed by atoms with Gasteiger partial charge in [0, 0.05) is 19.2 Å². The van der Waals surface area contributed by atoms with Gasteiger partial charge in [-0.3, -0.25) is 13.9 Å². The van der Waals surface area contributed by atoms with Crippen LogP contribution >= 0.6 is 0 Å². The second-order valence-corrected chi connectivity index (χ2v) is 10.8. The number of carbonyl (C=O) groups excluding carboxylic acids is 2. The number of amides is 2. The van der Waals surface area contributed by atoms with Crippen LogP contribution in [0, 0.1) is 5.92 Å². The summed E-state index contributed by atoms with van der Waals surface area (Å²) in [5.74, 6) is 0.183. The number of carbonyl (C=O) groups is 2. The molecule has 2 aromatic carbocycles. The highest BCUT2D eigenvalue weighted by molar-refractivity contribution is 7.92. The van der Waals surface area contributed by atoms with Gasteiger partial charge in [0.05, 0.1) is 26.2 Å². The number of methoxy groups -OCH3 is 2. The van der Waals surface area contributed by atoms with Crippen molar-refractivity contribution in [3.05, 3.63) is 54.1 Å². The van der Waals surface area contributed by atoms with E-state index in [9.17, 15) is 18.0 Å².